The lowest BCUT2D eigenvalue weighted by Gasteiger charge is -2.02. The summed E-state index contributed by atoms with van der Waals surface area (Å²) >= 11 is 1.19. The van der Waals surface area contributed by atoms with Crippen molar-refractivity contribution in [2.75, 3.05) is 5.75 Å². The van der Waals surface area contributed by atoms with E-state index in [1.165, 1.54) is 17.8 Å². The average molecular weight is 241 g/mol. The van der Waals surface area contributed by atoms with E-state index in [4.69, 9.17) is 5.11 Å². The molecule has 0 atom stereocenters. The third-order valence-electron chi connectivity index (χ3n) is 1.88. The van der Waals surface area contributed by atoms with E-state index in [0.29, 0.717) is 10.6 Å². The van der Waals surface area contributed by atoms with Crippen molar-refractivity contribution in [2.24, 2.45) is 0 Å². The molecule has 1 aromatic rings. The molecule has 0 radical (unpaired) electrons. The number of rotatable bonds is 5. The molecule has 1 aromatic carbocycles. The monoisotopic (exact) mass is 241 g/mol. The van der Waals surface area contributed by atoms with Crippen molar-refractivity contribution < 1.29 is 14.8 Å². The van der Waals surface area contributed by atoms with Gasteiger partial charge in [0.2, 0.25) is 0 Å². The first-order chi connectivity index (χ1) is 7.50. The minimum atomic E-state index is -0.901. The summed E-state index contributed by atoms with van der Waals surface area (Å²) in [6, 6.07) is 4.92. The van der Waals surface area contributed by atoms with Crippen LogP contribution in [0.5, 0.6) is 0 Å². The summed E-state index contributed by atoms with van der Waals surface area (Å²) < 4.78 is 0. The fraction of sp³-hybridized carbons (Fsp3) is 0.300. The Balaban J connectivity index is 2.78. The highest BCUT2D eigenvalue weighted by atomic mass is 32.2. The maximum absolute atomic E-state index is 10.7. The quantitative estimate of drug-likeness (QED) is 0.486. The second-order valence-electron chi connectivity index (χ2n) is 3.22. The van der Waals surface area contributed by atoms with Gasteiger partial charge in [-0.25, -0.2) is 0 Å². The zero-order chi connectivity index (χ0) is 12.1. The van der Waals surface area contributed by atoms with Gasteiger partial charge in [0.05, 0.1) is 16.2 Å². The Morgan fingerprint density at radius 1 is 1.56 bits per heavy atom. The predicted octanol–water partition coefficient (Wildman–Crippen LogP) is 2.47. The van der Waals surface area contributed by atoms with Gasteiger partial charge in [0.25, 0.3) is 5.69 Å². The maximum atomic E-state index is 10.7. The van der Waals surface area contributed by atoms with E-state index < -0.39 is 10.9 Å². The molecule has 0 saturated carbocycles. The van der Waals surface area contributed by atoms with Crippen molar-refractivity contribution in [3.05, 3.63) is 33.9 Å². The third-order valence-corrected chi connectivity index (χ3v) is 2.95. The van der Waals surface area contributed by atoms with Crippen LogP contribution in [0.1, 0.15) is 12.0 Å². The van der Waals surface area contributed by atoms with Crippen LogP contribution >= 0.6 is 11.8 Å². The van der Waals surface area contributed by atoms with E-state index in [0.717, 1.165) is 5.56 Å². The Morgan fingerprint density at radius 3 is 2.81 bits per heavy atom. The molecule has 5 nitrogen and oxygen atoms in total. The van der Waals surface area contributed by atoms with Crippen LogP contribution in [0.2, 0.25) is 0 Å². The second kappa shape index (κ2) is 5.50. The fourth-order valence-corrected chi connectivity index (χ4v) is 2.08. The molecule has 0 bridgehead atoms. The molecule has 16 heavy (non-hydrogen) atoms. The molecule has 0 fully saturated rings. The van der Waals surface area contributed by atoms with Gasteiger partial charge in [0.1, 0.15) is 0 Å². The van der Waals surface area contributed by atoms with Gasteiger partial charge in [-0.2, -0.15) is 0 Å². The van der Waals surface area contributed by atoms with Crippen LogP contribution in [0, 0.1) is 17.0 Å². The Hall–Kier alpha value is -1.56. The summed E-state index contributed by atoms with van der Waals surface area (Å²) in [5.41, 5.74) is 0.852. The molecule has 1 N–H and O–H groups in total. The van der Waals surface area contributed by atoms with Crippen LogP contribution in [0.3, 0.4) is 0 Å². The fourth-order valence-electron chi connectivity index (χ4n) is 1.14. The highest BCUT2D eigenvalue weighted by Gasteiger charge is 2.14. The lowest BCUT2D eigenvalue weighted by molar-refractivity contribution is -0.387. The first-order valence-electron chi connectivity index (χ1n) is 4.60. The van der Waals surface area contributed by atoms with Crippen LogP contribution in [-0.2, 0) is 4.79 Å². The summed E-state index contributed by atoms with van der Waals surface area (Å²) in [6.45, 7) is 1.78. The number of aryl methyl sites for hydroxylation is 1. The first-order valence-corrected chi connectivity index (χ1v) is 5.59. The molecular formula is C10H11NO4S. The maximum Gasteiger partial charge on any atom is 0.304 e. The van der Waals surface area contributed by atoms with Gasteiger partial charge in [-0.05, 0) is 18.6 Å². The van der Waals surface area contributed by atoms with Crippen molar-refractivity contribution in [2.45, 2.75) is 18.2 Å². The van der Waals surface area contributed by atoms with Gasteiger partial charge >= 0.3 is 5.97 Å². The number of benzene rings is 1. The first kappa shape index (κ1) is 12.5. The van der Waals surface area contributed by atoms with Crippen molar-refractivity contribution in [3.8, 4) is 0 Å². The number of carbonyl (C=O) groups is 1. The van der Waals surface area contributed by atoms with Gasteiger partial charge in [-0.15, -0.1) is 11.8 Å². The molecule has 86 valence electrons. The zero-order valence-corrected chi connectivity index (χ0v) is 9.49. The third kappa shape index (κ3) is 3.54. The SMILES string of the molecule is Cc1ccc(SCCC(=O)O)c([N+](=O)[O-])c1. The van der Waals surface area contributed by atoms with E-state index in [-0.39, 0.29) is 12.1 Å². The topological polar surface area (TPSA) is 80.4 Å². The number of nitro benzene ring substituents is 1. The number of nitrogens with zero attached hydrogens (tertiary/aromatic N) is 1. The zero-order valence-electron chi connectivity index (χ0n) is 8.67. The van der Waals surface area contributed by atoms with Crippen LogP contribution in [0.15, 0.2) is 23.1 Å². The van der Waals surface area contributed by atoms with Crippen molar-refractivity contribution >= 4 is 23.4 Å². The smallest absolute Gasteiger partial charge is 0.304 e. The standard InChI is InChI=1S/C10H11NO4S/c1-7-2-3-9(8(6-7)11(14)15)16-5-4-10(12)13/h2-3,6H,4-5H2,1H3,(H,12,13). The molecule has 0 heterocycles. The van der Waals surface area contributed by atoms with Gasteiger partial charge in [0, 0.05) is 11.8 Å². The molecule has 0 unspecified atom stereocenters. The van der Waals surface area contributed by atoms with E-state index >= 15 is 0 Å². The minimum Gasteiger partial charge on any atom is -0.481 e. The molecule has 0 aliphatic heterocycles. The van der Waals surface area contributed by atoms with Gasteiger partial charge in [-0.1, -0.05) is 6.07 Å². The minimum absolute atomic E-state index is 0.00427. The van der Waals surface area contributed by atoms with Crippen LogP contribution in [-0.4, -0.2) is 21.8 Å². The number of thioether (sulfide) groups is 1. The summed E-state index contributed by atoms with van der Waals surface area (Å²) in [5.74, 6) is -0.568. The Morgan fingerprint density at radius 2 is 2.25 bits per heavy atom. The highest BCUT2D eigenvalue weighted by Crippen LogP contribution is 2.30. The molecule has 0 amide bonds. The summed E-state index contributed by atoms with van der Waals surface area (Å²) in [5, 5.41) is 19.2. The largest absolute Gasteiger partial charge is 0.481 e. The highest BCUT2D eigenvalue weighted by molar-refractivity contribution is 7.99. The van der Waals surface area contributed by atoms with Crippen LogP contribution in [0.25, 0.3) is 0 Å². The number of carboxylic acids is 1. The summed E-state index contributed by atoms with van der Waals surface area (Å²) in [4.78, 5) is 21.1. The molecule has 0 spiro atoms. The molecule has 1 rings (SSSR count). The van der Waals surface area contributed by atoms with E-state index in [1.54, 1.807) is 19.1 Å². The molecule has 0 aliphatic carbocycles. The Bertz CT molecular complexity index is 419. The molecule has 0 aromatic heterocycles. The number of aliphatic carboxylic acids is 1. The van der Waals surface area contributed by atoms with E-state index in [1.807, 2.05) is 0 Å². The van der Waals surface area contributed by atoms with E-state index in [2.05, 4.69) is 0 Å². The normalized spacial score (nSPS) is 10.1. The molecule has 0 saturated heterocycles. The lowest BCUT2D eigenvalue weighted by atomic mass is 10.2. The number of nitro groups is 1. The Labute approximate surface area is 96.6 Å². The van der Waals surface area contributed by atoms with Crippen molar-refractivity contribution in [1.82, 2.24) is 0 Å². The van der Waals surface area contributed by atoms with Gasteiger partial charge < -0.3 is 5.11 Å². The number of carboxylic acid groups (broad SMARTS) is 1. The average Bonchev–Trinajstić information content (AvgIpc) is 2.19. The Kier molecular flexibility index (Phi) is 4.30. The van der Waals surface area contributed by atoms with Crippen LogP contribution < -0.4 is 0 Å². The summed E-state index contributed by atoms with van der Waals surface area (Å²) in [7, 11) is 0. The number of hydrogen-bond acceptors (Lipinski definition) is 4. The second-order valence-corrected chi connectivity index (χ2v) is 4.36. The molecule has 6 heteroatoms. The predicted molar refractivity (Wildman–Crippen MR) is 60.8 cm³/mol. The van der Waals surface area contributed by atoms with Crippen molar-refractivity contribution in [1.29, 1.82) is 0 Å². The van der Waals surface area contributed by atoms with E-state index in [9.17, 15) is 14.9 Å². The van der Waals surface area contributed by atoms with Gasteiger partial charge in [-0.3, -0.25) is 14.9 Å². The molecule has 0 aliphatic rings. The summed E-state index contributed by atoms with van der Waals surface area (Å²) in [6.07, 6.45) is -0.00427. The van der Waals surface area contributed by atoms with Gasteiger partial charge in [0.15, 0.2) is 0 Å². The van der Waals surface area contributed by atoms with Crippen molar-refractivity contribution in [3.63, 3.8) is 0 Å². The lowest BCUT2D eigenvalue weighted by Crippen LogP contribution is -1.97. The molecular weight excluding hydrogens is 230 g/mol. The number of hydrogen-bond donors (Lipinski definition) is 1. The van der Waals surface area contributed by atoms with Crippen LogP contribution in [0.4, 0.5) is 5.69 Å².